The van der Waals surface area contributed by atoms with Crippen molar-refractivity contribution in [1.29, 1.82) is 0 Å². The summed E-state index contributed by atoms with van der Waals surface area (Å²) in [6, 6.07) is 10.6. The fourth-order valence-corrected chi connectivity index (χ4v) is 2.11. The zero-order chi connectivity index (χ0) is 15.6. The molecular formula is C17H29N3O. The molecular weight excluding hydrogens is 262 g/mol. The van der Waals surface area contributed by atoms with Gasteiger partial charge in [-0.1, -0.05) is 44.2 Å². The molecule has 0 saturated carbocycles. The minimum Gasteiger partial charge on any atom is -0.383 e. The van der Waals surface area contributed by atoms with E-state index in [1.54, 1.807) is 7.11 Å². The molecule has 0 amide bonds. The maximum Gasteiger partial charge on any atom is 0.191 e. The van der Waals surface area contributed by atoms with E-state index in [1.807, 2.05) is 0 Å². The van der Waals surface area contributed by atoms with Crippen LogP contribution in [0.15, 0.2) is 35.3 Å². The van der Waals surface area contributed by atoms with E-state index in [0.29, 0.717) is 6.61 Å². The first kappa shape index (κ1) is 17.5. The predicted octanol–water partition coefficient (Wildman–Crippen LogP) is 2.46. The normalized spacial score (nSPS) is 12.3. The number of rotatable bonds is 8. The summed E-state index contributed by atoms with van der Waals surface area (Å²) in [5.41, 5.74) is 1.49. The highest BCUT2D eigenvalue weighted by Gasteiger charge is 2.18. The number of ether oxygens (including phenoxy) is 1. The third kappa shape index (κ3) is 7.71. The van der Waals surface area contributed by atoms with Gasteiger partial charge in [-0.25, -0.2) is 0 Å². The largest absolute Gasteiger partial charge is 0.383 e. The summed E-state index contributed by atoms with van der Waals surface area (Å²) in [5, 5.41) is 6.53. The molecule has 1 aromatic carbocycles. The molecule has 0 radical (unpaired) electrons. The third-order valence-electron chi connectivity index (χ3n) is 3.13. The third-order valence-corrected chi connectivity index (χ3v) is 3.13. The molecule has 21 heavy (non-hydrogen) atoms. The molecule has 118 valence electrons. The number of hydrogen-bond donors (Lipinski definition) is 2. The fraction of sp³-hybridized carbons (Fsp3) is 0.588. The Morgan fingerprint density at radius 1 is 1.19 bits per heavy atom. The summed E-state index contributed by atoms with van der Waals surface area (Å²) in [4.78, 5) is 4.69. The number of guanidine groups is 1. The minimum absolute atomic E-state index is 0.130. The van der Waals surface area contributed by atoms with E-state index in [4.69, 9.17) is 9.73 Å². The lowest BCUT2D eigenvalue weighted by atomic mass is 9.86. The summed E-state index contributed by atoms with van der Waals surface area (Å²) in [7, 11) is 1.70. The summed E-state index contributed by atoms with van der Waals surface area (Å²) >= 11 is 0. The number of methoxy groups -OCH3 is 1. The number of benzene rings is 1. The molecule has 2 N–H and O–H groups in total. The van der Waals surface area contributed by atoms with Crippen molar-refractivity contribution in [3.63, 3.8) is 0 Å². The van der Waals surface area contributed by atoms with Crippen LogP contribution in [0.4, 0.5) is 0 Å². The van der Waals surface area contributed by atoms with Gasteiger partial charge < -0.3 is 15.4 Å². The molecule has 4 heteroatoms. The molecule has 0 unspecified atom stereocenters. The number of nitrogens with one attached hydrogen (secondary N) is 2. The van der Waals surface area contributed by atoms with Crippen LogP contribution in [0.25, 0.3) is 0 Å². The Morgan fingerprint density at radius 2 is 1.90 bits per heavy atom. The van der Waals surface area contributed by atoms with Crippen molar-refractivity contribution in [2.24, 2.45) is 10.4 Å². The molecule has 4 nitrogen and oxygen atoms in total. The summed E-state index contributed by atoms with van der Waals surface area (Å²) < 4.78 is 5.05. The fourth-order valence-electron chi connectivity index (χ4n) is 2.11. The van der Waals surface area contributed by atoms with Crippen LogP contribution in [0.1, 0.15) is 26.3 Å². The molecule has 0 heterocycles. The topological polar surface area (TPSA) is 45.7 Å². The van der Waals surface area contributed by atoms with Gasteiger partial charge in [0.05, 0.1) is 6.61 Å². The van der Waals surface area contributed by atoms with E-state index in [2.05, 4.69) is 61.7 Å². The van der Waals surface area contributed by atoms with E-state index in [1.165, 1.54) is 5.56 Å². The van der Waals surface area contributed by atoms with E-state index in [0.717, 1.165) is 32.0 Å². The molecule has 0 atom stereocenters. The molecule has 0 aromatic heterocycles. The van der Waals surface area contributed by atoms with Crippen molar-refractivity contribution in [1.82, 2.24) is 10.6 Å². The Labute approximate surface area is 129 Å². The van der Waals surface area contributed by atoms with Gasteiger partial charge in [0.1, 0.15) is 0 Å². The molecule has 1 aromatic rings. The molecule has 0 saturated heterocycles. The first-order chi connectivity index (χ1) is 10.1. The average molecular weight is 291 g/mol. The monoisotopic (exact) mass is 291 g/mol. The second kappa shape index (κ2) is 9.40. The van der Waals surface area contributed by atoms with Gasteiger partial charge >= 0.3 is 0 Å². The molecule has 0 aliphatic heterocycles. The van der Waals surface area contributed by atoms with Crippen LogP contribution in [-0.4, -0.2) is 39.3 Å². The Balaban J connectivity index is 2.55. The summed E-state index contributed by atoms with van der Waals surface area (Å²) in [6.45, 7) is 9.66. The Bertz CT molecular complexity index is 415. The van der Waals surface area contributed by atoms with Crippen molar-refractivity contribution in [2.75, 3.05) is 33.4 Å². The zero-order valence-electron chi connectivity index (χ0n) is 13.8. The van der Waals surface area contributed by atoms with Gasteiger partial charge in [-0.05, 0) is 24.3 Å². The van der Waals surface area contributed by atoms with Crippen molar-refractivity contribution < 1.29 is 4.74 Å². The van der Waals surface area contributed by atoms with E-state index in [9.17, 15) is 0 Å². The SMILES string of the molecule is CCNC(=NCC(C)(C)Cc1ccccc1)NCCOC. The molecule has 0 bridgehead atoms. The highest BCUT2D eigenvalue weighted by Crippen LogP contribution is 2.22. The van der Waals surface area contributed by atoms with Crippen molar-refractivity contribution in [2.45, 2.75) is 27.2 Å². The molecule has 0 aliphatic carbocycles. The van der Waals surface area contributed by atoms with Crippen LogP contribution >= 0.6 is 0 Å². The average Bonchev–Trinajstić information content (AvgIpc) is 2.46. The van der Waals surface area contributed by atoms with Crippen LogP contribution < -0.4 is 10.6 Å². The summed E-state index contributed by atoms with van der Waals surface area (Å²) in [5.74, 6) is 0.857. The highest BCUT2D eigenvalue weighted by atomic mass is 16.5. The lowest BCUT2D eigenvalue weighted by molar-refractivity contribution is 0.203. The standard InChI is InChI=1S/C17H29N3O/c1-5-18-16(19-11-12-21-4)20-14-17(2,3)13-15-9-7-6-8-10-15/h6-10H,5,11-14H2,1-4H3,(H2,18,19,20). The van der Waals surface area contributed by atoms with Crippen LogP contribution in [-0.2, 0) is 11.2 Å². The van der Waals surface area contributed by atoms with Crippen LogP contribution in [0.5, 0.6) is 0 Å². The summed E-state index contributed by atoms with van der Waals surface area (Å²) in [6.07, 6.45) is 1.02. The quantitative estimate of drug-likeness (QED) is 0.439. The number of hydrogen-bond acceptors (Lipinski definition) is 2. The lowest BCUT2D eigenvalue weighted by Gasteiger charge is -2.23. The van der Waals surface area contributed by atoms with Gasteiger partial charge in [-0.2, -0.15) is 0 Å². The van der Waals surface area contributed by atoms with Gasteiger partial charge in [-0.3, -0.25) is 4.99 Å². The maximum absolute atomic E-state index is 5.05. The Morgan fingerprint density at radius 3 is 2.52 bits per heavy atom. The molecule has 0 fully saturated rings. The van der Waals surface area contributed by atoms with Crippen LogP contribution in [0.3, 0.4) is 0 Å². The maximum atomic E-state index is 5.05. The van der Waals surface area contributed by atoms with Gasteiger partial charge in [0.25, 0.3) is 0 Å². The second-order valence-electron chi connectivity index (χ2n) is 5.94. The second-order valence-corrected chi connectivity index (χ2v) is 5.94. The number of nitrogens with zero attached hydrogens (tertiary/aromatic N) is 1. The zero-order valence-corrected chi connectivity index (χ0v) is 13.8. The number of aliphatic imine (C=N–C) groups is 1. The lowest BCUT2D eigenvalue weighted by Crippen LogP contribution is -2.39. The molecule has 0 spiro atoms. The van der Waals surface area contributed by atoms with Crippen LogP contribution in [0, 0.1) is 5.41 Å². The van der Waals surface area contributed by atoms with Gasteiger partial charge in [-0.15, -0.1) is 0 Å². The Kier molecular flexibility index (Phi) is 7.83. The van der Waals surface area contributed by atoms with Crippen molar-refractivity contribution in [3.8, 4) is 0 Å². The Hall–Kier alpha value is -1.55. The smallest absolute Gasteiger partial charge is 0.191 e. The van der Waals surface area contributed by atoms with Crippen LogP contribution in [0.2, 0.25) is 0 Å². The van der Waals surface area contributed by atoms with E-state index < -0.39 is 0 Å². The molecule has 0 aliphatic rings. The predicted molar refractivity (Wildman–Crippen MR) is 89.8 cm³/mol. The van der Waals surface area contributed by atoms with Gasteiger partial charge in [0.15, 0.2) is 5.96 Å². The van der Waals surface area contributed by atoms with E-state index >= 15 is 0 Å². The van der Waals surface area contributed by atoms with E-state index in [-0.39, 0.29) is 5.41 Å². The first-order valence-electron chi connectivity index (χ1n) is 7.62. The van der Waals surface area contributed by atoms with Crippen molar-refractivity contribution >= 4 is 5.96 Å². The van der Waals surface area contributed by atoms with Crippen molar-refractivity contribution in [3.05, 3.63) is 35.9 Å². The van der Waals surface area contributed by atoms with Gasteiger partial charge in [0.2, 0.25) is 0 Å². The van der Waals surface area contributed by atoms with Gasteiger partial charge in [0, 0.05) is 26.7 Å². The minimum atomic E-state index is 0.130. The first-order valence-corrected chi connectivity index (χ1v) is 7.62. The molecule has 1 rings (SSSR count). The highest BCUT2D eigenvalue weighted by molar-refractivity contribution is 5.79.